The average molecular weight is 847 g/mol. The fourth-order valence-electron chi connectivity index (χ4n) is 6.45. The van der Waals surface area contributed by atoms with E-state index in [1.807, 2.05) is 48.6 Å². The van der Waals surface area contributed by atoms with Crippen LogP contribution in [0.5, 0.6) is 0 Å². The van der Waals surface area contributed by atoms with Gasteiger partial charge >= 0.3 is 17.9 Å². The summed E-state index contributed by atoms with van der Waals surface area (Å²) in [6, 6.07) is 0. The number of allylic oxidation sites excluding steroid dienone is 16. The second kappa shape index (κ2) is 49.0. The number of unbranched alkanes of at least 4 members (excludes halogenated alkanes) is 21. The molecule has 0 aromatic rings. The molecule has 0 fully saturated rings. The highest BCUT2D eigenvalue weighted by molar-refractivity contribution is 5.71. The van der Waals surface area contributed by atoms with Gasteiger partial charge in [0, 0.05) is 19.3 Å². The molecule has 6 nitrogen and oxygen atoms in total. The van der Waals surface area contributed by atoms with E-state index in [2.05, 4.69) is 69.4 Å². The van der Waals surface area contributed by atoms with Crippen molar-refractivity contribution in [3.63, 3.8) is 0 Å². The molecule has 0 bridgehead atoms. The van der Waals surface area contributed by atoms with Gasteiger partial charge < -0.3 is 14.2 Å². The molecule has 0 aromatic carbocycles. The van der Waals surface area contributed by atoms with Gasteiger partial charge in [0.2, 0.25) is 0 Å². The standard InChI is InChI=1S/C55H90O6/c1-4-7-10-13-16-19-22-25-27-29-30-33-36-39-42-45-48-54(57)60-51-52(50-59-53(56)47-44-41-38-35-32-24-21-18-15-12-9-6-3)61-55(58)49-46-43-40-37-34-31-28-26-23-20-17-14-11-8-5-2/h8,11,14,17-18,20-21,23,26-31,33-34,52H,4-7,9-10,12-13,15-16,19,22,24-25,32,35-51H2,1-3H3/b11-8-,17-14-,21-18-,23-20-,28-26-,29-27-,33-30-,34-31-. The summed E-state index contributed by atoms with van der Waals surface area (Å²) in [5.41, 5.74) is 0. The number of rotatable bonds is 43. The Morgan fingerprint density at radius 2 is 0.656 bits per heavy atom. The van der Waals surface area contributed by atoms with Crippen molar-refractivity contribution in [1.82, 2.24) is 0 Å². The smallest absolute Gasteiger partial charge is 0.306 e. The van der Waals surface area contributed by atoms with Crippen LogP contribution in [0.2, 0.25) is 0 Å². The number of ether oxygens (including phenoxy) is 3. The third-order valence-corrected chi connectivity index (χ3v) is 10.2. The maximum atomic E-state index is 12.8. The second-order valence-electron chi connectivity index (χ2n) is 16.1. The van der Waals surface area contributed by atoms with E-state index in [9.17, 15) is 14.4 Å². The van der Waals surface area contributed by atoms with Crippen LogP contribution in [0, 0.1) is 0 Å². The zero-order chi connectivity index (χ0) is 44.4. The Labute approximate surface area is 375 Å². The van der Waals surface area contributed by atoms with Crippen LogP contribution in [0.4, 0.5) is 0 Å². The van der Waals surface area contributed by atoms with Crippen molar-refractivity contribution in [2.24, 2.45) is 0 Å². The number of carbonyl (C=O) groups is 3. The van der Waals surface area contributed by atoms with Crippen LogP contribution in [0.15, 0.2) is 97.2 Å². The fourth-order valence-corrected chi connectivity index (χ4v) is 6.45. The third-order valence-electron chi connectivity index (χ3n) is 10.2. The molecule has 0 aliphatic rings. The summed E-state index contributed by atoms with van der Waals surface area (Å²) < 4.78 is 16.7. The van der Waals surface area contributed by atoms with E-state index in [0.717, 1.165) is 89.9 Å². The quantitative estimate of drug-likeness (QED) is 0.0200. The van der Waals surface area contributed by atoms with Crippen LogP contribution in [-0.2, 0) is 28.6 Å². The van der Waals surface area contributed by atoms with Gasteiger partial charge in [-0.2, -0.15) is 0 Å². The molecular formula is C55H90O6. The summed E-state index contributed by atoms with van der Waals surface area (Å²) in [6.07, 6.45) is 63.9. The monoisotopic (exact) mass is 847 g/mol. The summed E-state index contributed by atoms with van der Waals surface area (Å²) in [4.78, 5) is 37.9. The Balaban J connectivity index is 4.53. The van der Waals surface area contributed by atoms with Gasteiger partial charge in [-0.15, -0.1) is 0 Å². The lowest BCUT2D eigenvalue weighted by molar-refractivity contribution is -0.167. The first-order valence-electron chi connectivity index (χ1n) is 24.8. The zero-order valence-electron chi connectivity index (χ0n) is 39.4. The van der Waals surface area contributed by atoms with Gasteiger partial charge in [-0.3, -0.25) is 14.4 Å². The van der Waals surface area contributed by atoms with Crippen LogP contribution in [0.1, 0.15) is 213 Å². The fraction of sp³-hybridized carbons (Fsp3) is 0.655. The molecule has 1 atom stereocenters. The second-order valence-corrected chi connectivity index (χ2v) is 16.1. The minimum absolute atomic E-state index is 0.109. The van der Waals surface area contributed by atoms with Crippen LogP contribution in [0.25, 0.3) is 0 Å². The Kier molecular flexibility index (Phi) is 46.0. The van der Waals surface area contributed by atoms with Gasteiger partial charge in [0.1, 0.15) is 13.2 Å². The molecule has 61 heavy (non-hydrogen) atoms. The lowest BCUT2D eigenvalue weighted by Gasteiger charge is -2.18. The summed E-state index contributed by atoms with van der Waals surface area (Å²) in [6.45, 7) is 6.38. The average Bonchev–Trinajstić information content (AvgIpc) is 3.26. The maximum absolute atomic E-state index is 12.8. The SMILES string of the molecule is CC\C=C/C=C\C=C/C=C\C=C/CCCCCC(=O)OC(COC(=O)CCCCC/C=C\C=C/CCCCCCCCC)COC(=O)CCCCCCC/C=C\CCCCC. The minimum atomic E-state index is -0.813. The number of esters is 3. The molecule has 0 aliphatic carbocycles. The molecule has 0 radical (unpaired) electrons. The van der Waals surface area contributed by atoms with Crippen LogP contribution < -0.4 is 0 Å². The van der Waals surface area contributed by atoms with Gasteiger partial charge in [0.05, 0.1) is 0 Å². The molecule has 6 heteroatoms. The summed E-state index contributed by atoms with van der Waals surface area (Å²) >= 11 is 0. The van der Waals surface area contributed by atoms with Gasteiger partial charge in [-0.05, 0) is 89.9 Å². The highest BCUT2D eigenvalue weighted by Gasteiger charge is 2.19. The third kappa shape index (κ3) is 47.2. The van der Waals surface area contributed by atoms with E-state index in [1.165, 1.54) is 77.0 Å². The lowest BCUT2D eigenvalue weighted by Crippen LogP contribution is -2.30. The summed E-state index contributed by atoms with van der Waals surface area (Å²) in [5.74, 6) is -0.993. The molecule has 0 N–H and O–H groups in total. The van der Waals surface area contributed by atoms with Crippen molar-refractivity contribution in [2.75, 3.05) is 13.2 Å². The van der Waals surface area contributed by atoms with Crippen LogP contribution >= 0.6 is 0 Å². The van der Waals surface area contributed by atoms with Crippen LogP contribution in [-0.4, -0.2) is 37.2 Å². The van der Waals surface area contributed by atoms with E-state index < -0.39 is 6.10 Å². The first kappa shape index (κ1) is 57.3. The van der Waals surface area contributed by atoms with Gasteiger partial charge in [-0.1, -0.05) is 201 Å². The highest BCUT2D eigenvalue weighted by Crippen LogP contribution is 2.12. The van der Waals surface area contributed by atoms with Crippen molar-refractivity contribution in [3.8, 4) is 0 Å². The Hall–Kier alpha value is -3.67. The lowest BCUT2D eigenvalue weighted by atomic mass is 10.1. The first-order chi connectivity index (χ1) is 30.0. The molecule has 0 saturated heterocycles. The minimum Gasteiger partial charge on any atom is -0.462 e. The summed E-state index contributed by atoms with van der Waals surface area (Å²) in [5, 5.41) is 0. The highest BCUT2D eigenvalue weighted by atomic mass is 16.6. The largest absolute Gasteiger partial charge is 0.462 e. The van der Waals surface area contributed by atoms with E-state index >= 15 is 0 Å². The molecule has 1 unspecified atom stereocenters. The van der Waals surface area contributed by atoms with E-state index in [0.29, 0.717) is 19.3 Å². The predicted molar refractivity (Wildman–Crippen MR) is 260 cm³/mol. The molecule has 0 aliphatic heterocycles. The van der Waals surface area contributed by atoms with Crippen molar-refractivity contribution in [1.29, 1.82) is 0 Å². The molecular weight excluding hydrogens is 757 g/mol. The molecule has 0 amide bonds. The molecule has 0 aromatic heterocycles. The van der Waals surface area contributed by atoms with Crippen molar-refractivity contribution in [2.45, 2.75) is 219 Å². The number of hydrogen-bond acceptors (Lipinski definition) is 6. The van der Waals surface area contributed by atoms with Gasteiger partial charge in [-0.25, -0.2) is 0 Å². The Bertz CT molecular complexity index is 1250. The molecule has 0 spiro atoms. The van der Waals surface area contributed by atoms with Crippen molar-refractivity contribution >= 4 is 17.9 Å². The molecule has 346 valence electrons. The number of carbonyl (C=O) groups excluding carboxylic acids is 3. The molecule has 0 heterocycles. The zero-order valence-corrected chi connectivity index (χ0v) is 39.4. The molecule has 0 saturated carbocycles. The Morgan fingerprint density at radius 3 is 1.11 bits per heavy atom. The molecule has 0 rings (SSSR count). The summed E-state index contributed by atoms with van der Waals surface area (Å²) in [7, 11) is 0. The maximum Gasteiger partial charge on any atom is 0.306 e. The van der Waals surface area contributed by atoms with Gasteiger partial charge in [0.25, 0.3) is 0 Å². The normalized spacial score (nSPS) is 12.9. The van der Waals surface area contributed by atoms with Crippen molar-refractivity contribution in [3.05, 3.63) is 97.2 Å². The van der Waals surface area contributed by atoms with E-state index in [1.54, 1.807) is 0 Å². The topological polar surface area (TPSA) is 78.9 Å². The van der Waals surface area contributed by atoms with E-state index in [-0.39, 0.29) is 37.5 Å². The van der Waals surface area contributed by atoms with Crippen LogP contribution in [0.3, 0.4) is 0 Å². The first-order valence-corrected chi connectivity index (χ1v) is 24.8. The van der Waals surface area contributed by atoms with E-state index in [4.69, 9.17) is 14.2 Å². The number of hydrogen-bond donors (Lipinski definition) is 0. The Morgan fingerprint density at radius 1 is 0.344 bits per heavy atom. The van der Waals surface area contributed by atoms with Gasteiger partial charge in [0.15, 0.2) is 6.10 Å². The van der Waals surface area contributed by atoms with Crippen molar-refractivity contribution < 1.29 is 28.6 Å². The predicted octanol–water partition coefficient (Wildman–Crippen LogP) is 16.2.